The molecule has 6 nitrogen and oxygen atoms in total. The number of fused-ring (bicyclic) bond motifs is 8. The number of alkyl halides is 2. The van der Waals surface area contributed by atoms with Crippen LogP contribution in [-0.4, -0.2) is 79.4 Å². The number of carbonyl (C=O) groups is 2. The quantitative estimate of drug-likeness (QED) is 0.211. The number of anilines is 2. The van der Waals surface area contributed by atoms with Crippen LogP contribution in [0.5, 0.6) is 0 Å². The summed E-state index contributed by atoms with van der Waals surface area (Å²) < 4.78 is -0.0162. The minimum atomic E-state index is -0.0162. The highest BCUT2D eigenvalue weighted by molar-refractivity contribution is 9.19. The maximum absolute atomic E-state index is 12.9. The molecule has 9 heteroatoms. The summed E-state index contributed by atoms with van der Waals surface area (Å²) in [5.74, 6) is 4.29. The summed E-state index contributed by atoms with van der Waals surface area (Å²) in [6.45, 7) is 0. The van der Waals surface area contributed by atoms with E-state index in [1.165, 1.54) is 128 Å². The molecule has 59 heavy (non-hydrogen) atoms. The van der Waals surface area contributed by atoms with E-state index in [9.17, 15) is 9.59 Å². The Kier molecular flexibility index (Phi) is 16.1. The molecule has 1 N–H and O–H groups in total. The zero-order valence-electron chi connectivity index (χ0n) is 35.5. The Balaban J connectivity index is 0.000000149. The maximum atomic E-state index is 12.9. The number of benzene rings is 2. The highest BCUT2D eigenvalue weighted by Gasteiger charge is 2.47. The number of para-hydroxylation sites is 2. The molecule has 0 aromatic heterocycles. The molecule has 4 aliphatic carbocycles. The standard InChI is InChI=1S/C25H35BrN2O.C23H34N2.C2H2Br2O/c26-17-25(29)28(20-8-2-1-3-9-20)24-15-21-10-5-11-22(16-24)27(21)23-13-18-6-4-7-19(12-18)14-23;1-2-8-19(9-3-1)24-20-15-21-10-5-11-22(16-20)25(21)23-13-17-6-4-7-18(12-17)14-23;3-1-2(4)5/h1-3,8-9,18-19,21-24H,4-7,10-17H2;1-3,8-9,17-18,20-24H,4-7,10-16H2;1H2/t18-,19+,21-,22+,23?,24?;17-,18+,20?,21-,22+,23?;. The molecule has 8 aliphatic rings. The lowest BCUT2D eigenvalue weighted by Crippen LogP contribution is -2.62. The number of nitrogens with one attached hydrogen (secondary N) is 1. The van der Waals surface area contributed by atoms with Crippen molar-refractivity contribution in [2.45, 2.75) is 190 Å². The minimum Gasteiger partial charge on any atom is -0.382 e. The van der Waals surface area contributed by atoms with Gasteiger partial charge in [-0.05, 0) is 154 Å². The number of nitrogens with zero attached hydrogens (tertiary/aromatic N) is 3. The van der Waals surface area contributed by atoms with E-state index in [1.54, 1.807) is 6.42 Å². The Hall–Kier alpha value is -1.26. The third-order valence-electron chi connectivity index (χ3n) is 16.1. The van der Waals surface area contributed by atoms with E-state index in [2.05, 4.69) is 122 Å². The first-order chi connectivity index (χ1) is 28.8. The van der Waals surface area contributed by atoms with Crippen molar-refractivity contribution in [1.29, 1.82) is 0 Å². The predicted molar refractivity (Wildman–Crippen MR) is 255 cm³/mol. The second kappa shape index (κ2) is 21.4. The fourth-order valence-electron chi connectivity index (χ4n) is 14.2. The molecule has 2 aromatic rings. The fourth-order valence-corrected chi connectivity index (χ4v) is 14.5. The van der Waals surface area contributed by atoms with Gasteiger partial charge in [-0.2, -0.15) is 0 Å². The van der Waals surface area contributed by atoms with E-state index in [0.717, 1.165) is 66.4 Å². The molecule has 324 valence electrons. The van der Waals surface area contributed by atoms with Crippen molar-refractivity contribution in [2.75, 3.05) is 20.9 Å². The SMILES string of the molecule is O=C(Br)CBr.O=C(CBr)N(c1ccccc1)C1C[C@H]2CCC[C@@H](C1)N2C1C[C@H]2CCC[C@@H](C1)C2.c1ccc(NC2C[C@H]3CCC[C@@H](C2)N3C2C[C@H]3CCC[C@@H](C2)C3)cc1. The Morgan fingerprint density at radius 1 is 0.525 bits per heavy atom. The predicted octanol–water partition coefficient (Wildman–Crippen LogP) is 12.5. The van der Waals surface area contributed by atoms with Crippen LogP contribution in [0.2, 0.25) is 0 Å². The van der Waals surface area contributed by atoms with Crippen LogP contribution in [0.1, 0.15) is 141 Å². The molecule has 0 radical (unpaired) electrons. The van der Waals surface area contributed by atoms with Gasteiger partial charge < -0.3 is 10.2 Å². The molecule has 12 atom stereocenters. The first kappa shape index (κ1) is 44.4. The van der Waals surface area contributed by atoms with Crippen LogP contribution in [0.4, 0.5) is 11.4 Å². The second-order valence-electron chi connectivity index (χ2n) is 19.9. The van der Waals surface area contributed by atoms with Gasteiger partial charge in [-0.15, -0.1) is 0 Å². The molecule has 4 saturated carbocycles. The van der Waals surface area contributed by atoms with E-state index in [-0.39, 0.29) is 10.6 Å². The Bertz CT molecular complexity index is 1580. The van der Waals surface area contributed by atoms with Gasteiger partial charge >= 0.3 is 0 Å². The van der Waals surface area contributed by atoms with E-state index >= 15 is 0 Å². The maximum Gasteiger partial charge on any atom is 0.237 e. The molecule has 4 aliphatic heterocycles. The summed E-state index contributed by atoms with van der Waals surface area (Å²) in [7, 11) is 0. The van der Waals surface area contributed by atoms with Crippen LogP contribution < -0.4 is 10.2 Å². The molecule has 4 heterocycles. The fraction of sp³-hybridized carbons (Fsp3) is 0.720. The molecule has 1 amide bonds. The van der Waals surface area contributed by atoms with Crippen LogP contribution in [0.15, 0.2) is 60.7 Å². The average Bonchev–Trinajstić information content (AvgIpc) is 3.24. The third-order valence-corrected chi connectivity index (χ3v) is 18.1. The summed E-state index contributed by atoms with van der Waals surface area (Å²) in [4.78, 5) is 30.7. The molecular weight excluding hydrogens is 928 g/mol. The van der Waals surface area contributed by atoms with Crippen LogP contribution in [0.25, 0.3) is 0 Å². The molecule has 4 saturated heterocycles. The largest absolute Gasteiger partial charge is 0.382 e. The number of amides is 1. The monoisotopic (exact) mass is 996 g/mol. The highest BCUT2D eigenvalue weighted by Crippen LogP contribution is 2.48. The van der Waals surface area contributed by atoms with Gasteiger partial charge in [-0.25, -0.2) is 0 Å². The van der Waals surface area contributed by atoms with Crippen molar-refractivity contribution >= 4 is 69.8 Å². The first-order valence-corrected chi connectivity index (χ1v) is 26.9. The summed E-state index contributed by atoms with van der Waals surface area (Å²) in [6, 6.07) is 27.0. The highest BCUT2D eigenvalue weighted by atomic mass is 79.9. The third kappa shape index (κ3) is 11.3. The van der Waals surface area contributed by atoms with Crippen molar-refractivity contribution in [1.82, 2.24) is 9.80 Å². The lowest BCUT2D eigenvalue weighted by molar-refractivity contribution is -0.117. The normalized spacial score (nSPS) is 36.4. The molecular formula is C50H71Br3N4O2. The lowest BCUT2D eigenvalue weighted by atomic mass is 9.68. The van der Waals surface area contributed by atoms with Crippen molar-refractivity contribution in [3.05, 3.63) is 60.7 Å². The van der Waals surface area contributed by atoms with Crippen LogP contribution in [-0.2, 0) is 9.59 Å². The Morgan fingerprint density at radius 2 is 0.932 bits per heavy atom. The van der Waals surface area contributed by atoms with Gasteiger partial charge in [0.25, 0.3) is 0 Å². The number of hydrogen-bond acceptors (Lipinski definition) is 5. The number of rotatable bonds is 8. The first-order valence-electron chi connectivity index (χ1n) is 23.9. The van der Waals surface area contributed by atoms with Gasteiger partial charge in [0.1, 0.15) is 0 Å². The van der Waals surface area contributed by atoms with Crippen molar-refractivity contribution < 1.29 is 9.59 Å². The zero-order valence-corrected chi connectivity index (χ0v) is 40.2. The van der Waals surface area contributed by atoms with Gasteiger partial charge in [-0.3, -0.25) is 19.4 Å². The van der Waals surface area contributed by atoms with Gasteiger partial charge in [0.15, 0.2) is 0 Å². The number of piperidine rings is 4. The van der Waals surface area contributed by atoms with E-state index in [0.29, 0.717) is 34.8 Å². The zero-order chi connectivity index (χ0) is 40.7. The number of carbonyl (C=O) groups excluding carboxylic acids is 2. The summed E-state index contributed by atoms with van der Waals surface area (Å²) in [5.41, 5.74) is 2.38. The van der Waals surface area contributed by atoms with Crippen molar-refractivity contribution in [2.24, 2.45) is 23.7 Å². The molecule has 8 fully saturated rings. The van der Waals surface area contributed by atoms with E-state index in [1.807, 2.05) is 6.07 Å². The van der Waals surface area contributed by atoms with E-state index in [4.69, 9.17) is 0 Å². The van der Waals surface area contributed by atoms with Crippen LogP contribution in [0, 0.1) is 23.7 Å². The summed E-state index contributed by atoms with van der Waals surface area (Å²) in [5, 5.41) is 4.65. The average molecular weight is 1000 g/mol. The van der Waals surface area contributed by atoms with Gasteiger partial charge in [0, 0.05) is 59.7 Å². The molecule has 10 rings (SSSR count). The molecule has 8 bridgehead atoms. The Labute approximate surface area is 381 Å². The number of hydrogen-bond donors (Lipinski definition) is 1. The molecule has 2 aromatic carbocycles. The van der Waals surface area contributed by atoms with Crippen molar-refractivity contribution in [3.63, 3.8) is 0 Å². The van der Waals surface area contributed by atoms with Crippen LogP contribution >= 0.6 is 47.8 Å². The van der Waals surface area contributed by atoms with Crippen molar-refractivity contribution in [3.8, 4) is 0 Å². The summed E-state index contributed by atoms with van der Waals surface area (Å²) >= 11 is 9.05. The topological polar surface area (TPSA) is 55.9 Å². The molecule has 4 unspecified atom stereocenters. The minimum absolute atomic E-state index is 0.0162. The smallest absolute Gasteiger partial charge is 0.237 e. The Morgan fingerprint density at radius 3 is 1.36 bits per heavy atom. The lowest BCUT2D eigenvalue weighted by Gasteiger charge is -2.56. The van der Waals surface area contributed by atoms with E-state index < -0.39 is 0 Å². The van der Waals surface area contributed by atoms with Gasteiger partial charge in [0.05, 0.1) is 10.7 Å². The molecule has 0 spiro atoms. The summed E-state index contributed by atoms with van der Waals surface area (Å²) in [6.07, 6.45) is 31.3. The van der Waals surface area contributed by atoms with Gasteiger partial charge in [0.2, 0.25) is 10.6 Å². The van der Waals surface area contributed by atoms with Gasteiger partial charge in [-0.1, -0.05) is 120 Å². The van der Waals surface area contributed by atoms with Crippen LogP contribution in [0.3, 0.4) is 0 Å². The second-order valence-corrected chi connectivity index (χ2v) is 22.0. The number of halogens is 3.